The Morgan fingerprint density at radius 3 is 2.63 bits per heavy atom. The van der Waals surface area contributed by atoms with Crippen LogP contribution in [0, 0.1) is 5.82 Å². The maximum atomic E-state index is 14.1. The van der Waals surface area contributed by atoms with E-state index in [1.165, 1.54) is 13.2 Å². The van der Waals surface area contributed by atoms with Gasteiger partial charge in [-0.2, -0.15) is 0 Å². The van der Waals surface area contributed by atoms with Crippen molar-refractivity contribution in [3.05, 3.63) is 64.4 Å². The van der Waals surface area contributed by atoms with E-state index >= 15 is 0 Å². The lowest BCUT2D eigenvalue weighted by atomic mass is 9.98. The summed E-state index contributed by atoms with van der Waals surface area (Å²) in [5.74, 6) is 5.61. The Labute approximate surface area is 116 Å². The number of hydrogen-bond acceptors (Lipinski definition) is 3. The average molecular weight is 281 g/mol. The molecule has 19 heavy (non-hydrogen) atoms. The van der Waals surface area contributed by atoms with Crippen LogP contribution < -0.4 is 16.0 Å². The summed E-state index contributed by atoms with van der Waals surface area (Å²) in [5.41, 5.74) is 3.72. The Bertz CT molecular complexity index is 577. The molecular weight excluding hydrogens is 267 g/mol. The highest BCUT2D eigenvalue weighted by atomic mass is 35.5. The van der Waals surface area contributed by atoms with Crippen molar-refractivity contribution in [1.29, 1.82) is 0 Å². The largest absolute Gasteiger partial charge is 0.496 e. The van der Waals surface area contributed by atoms with E-state index in [1.807, 2.05) is 6.07 Å². The first-order chi connectivity index (χ1) is 9.17. The van der Waals surface area contributed by atoms with Crippen molar-refractivity contribution < 1.29 is 9.13 Å². The quantitative estimate of drug-likeness (QED) is 0.668. The van der Waals surface area contributed by atoms with Crippen LogP contribution in [-0.4, -0.2) is 7.11 Å². The van der Waals surface area contributed by atoms with Gasteiger partial charge in [0.25, 0.3) is 0 Å². The van der Waals surface area contributed by atoms with Gasteiger partial charge in [0.1, 0.15) is 11.6 Å². The molecule has 3 N–H and O–H groups in total. The fourth-order valence-corrected chi connectivity index (χ4v) is 2.21. The first-order valence-corrected chi connectivity index (χ1v) is 6.09. The summed E-state index contributed by atoms with van der Waals surface area (Å²) in [7, 11) is 1.49. The molecule has 0 amide bonds. The molecule has 2 aromatic carbocycles. The predicted molar refractivity (Wildman–Crippen MR) is 73.6 cm³/mol. The van der Waals surface area contributed by atoms with Crippen molar-refractivity contribution in [1.82, 2.24) is 5.43 Å². The van der Waals surface area contributed by atoms with Crippen LogP contribution in [0.5, 0.6) is 5.75 Å². The fourth-order valence-electron chi connectivity index (χ4n) is 2.01. The normalized spacial score (nSPS) is 12.2. The summed E-state index contributed by atoms with van der Waals surface area (Å²) in [5, 5.41) is 0.563. The summed E-state index contributed by atoms with van der Waals surface area (Å²) in [4.78, 5) is 0. The lowest BCUT2D eigenvalue weighted by Gasteiger charge is -2.20. The first kappa shape index (κ1) is 13.8. The van der Waals surface area contributed by atoms with Crippen LogP contribution >= 0.6 is 11.6 Å². The van der Waals surface area contributed by atoms with E-state index in [0.717, 1.165) is 5.56 Å². The van der Waals surface area contributed by atoms with Crippen molar-refractivity contribution in [3.8, 4) is 5.75 Å². The van der Waals surface area contributed by atoms with Gasteiger partial charge in [0.2, 0.25) is 0 Å². The number of nitrogens with one attached hydrogen (secondary N) is 1. The Morgan fingerprint density at radius 2 is 2.00 bits per heavy atom. The first-order valence-electron chi connectivity index (χ1n) is 5.71. The van der Waals surface area contributed by atoms with E-state index in [2.05, 4.69) is 5.43 Å². The van der Waals surface area contributed by atoms with E-state index in [9.17, 15) is 4.39 Å². The van der Waals surface area contributed by atoms with Crippen LogP contribution in [0.4, 0.5) is 4.39 Å². The standard InChI is InChI=1S/C14H14ClFN2O/c1-19-12-7-3-6-11(16)13(12)14(18-17)9-4-2-5-10(15)8-9/h2-8,14,18H,17H2,1H3. The van der Waals surface area contributed by atoms with E-state index in [0.29, 0.717) is 16.3 Å². The Hall–Kier alpha value is -1.62. The number of hydrogen-bond donors (Lipinski definition) is 2. The molecule has 0 aliphatic carbocycles. The minimum Gasteiger partial charge on any atom is -0.496 e. The second-order valence-electron chi connectivity index (χ2n) is 4.01. The molecule has 1 unspecified atom stereocenters. The highest BCUT2D eigenvalue weighted by Crippen LogP contribution is 2.32. The van der Waals surface area contributed by atoms with E-state index < -0.39 is 6.04 Å². The third-order valence-electron chi connectivity index (χ3n) is 2.87. The van der Waals surface area contributed by atoms with Gasteiger partial charge in [0.15, 0.2) is 0 Å². The van der Waals surface area contributed by atoms with Crippen LogP contribution in [0.15, 0.2) is 42.5 Å². The predicted octanol–water partition coefficient (Wildman–Crippen LogP) is 3.04. The number of ether oxygens (including phenoxy) is 1. The van der Waals surface area contributed by atoms with Crippen LogP contribution in [0.2, 0.25) is 5.02 Å². The average Bonchev–Trinajstić information content (AvgIpc) is 2.41. The molecule has 0 fully saturated rings. The number of rotatable bonds is 4. The zero-order valence-corrected chi connectivity index (χ0v) is 11.1. The highest BCUT2D eigenvalue weighted by Gasteiger charge is 2.21. The second-order valence-corrected chi connectivity index (χ2v) is 4.45. The van der Waals surface area contributed by atoms with Crippen LogP contribution in [0.1, 0.15) is 17.2 Å². The number of benzene rings is 2. The van der Waals surface area contributed by atoms with Gasteiger partial charge in [-0.05, 0) is 29.8 Å². The number of hydrazine groups is 1. The molecule has 3 nitrogen and oxygen atoms in total. The van der Waals surface area contributed by atoms with Gasteiger partial charge in [-0.25, -0.2) is 9.82 Å². The molecule has 100 valence electrons. The van der Waals surface area contributed by atoms with Gasteiger partial charge < -0.3 is 4.74 Å². The van der Waals surface area contributed by atoms with Crippen LogP contribution in [0.3, 0.4) is 0 Å². The maximum absolute atomic E-state index is 14.1. The van der Waals surface area contributed by atoms with Crippen LogP contribution in [-0.2, 0) is 0 Å². The SMILES string of the molecule is COc1cccc(F)c1C(NN)c1cccc(Cl)c1. The smallest absolute Gasteiger partial charge is 0.132 e. The molecule has 0 saturated heterocycles. The van der Waals surface area contributed by atoms with E-state index in [1.54, 1.807) is 30.3 Å². The fraction of sp³-hybridized carbons (Fsp3) is 0.143. The number of halogens is 2. The lowest BCUT2D eigenvalue weighted by molar-refractivity contribution is 0.397. The van der Waals surface area contributed by atoms with Crippen molar-refractivity contribution in [2.45, 2.75) is 6.04 Å². The van der Waals surface area contributed by atoms with Crippen molar-refractivity contribution in [3.63, 3.8) is 0 Å². The molecule has 0 aliphatic rings. The Balaban J connectivity index is 2.54. The molecule has 0 aromatic heterocycles. The molecule has 0 saturated carbocycles. The minimum absolute atomic E-state index is 0.356. The van der Waals surface area contributed by atoms with Crippen molar-refractivity contribution in [2.75, 3.05) is 7.11 Å². The van der Waals surface area contributed by atoms with Gasteiger partial charge >= 0.3 is 0 Å². The Morgan fingerprint density at radius 1 is 1.26 bits per heavy atom. The van der Waals surface area contributed by atoms with Gasteiger partial charge in [-0.3, -0.25) is 5.84 Å². The molecule has 0 radical (unpaired) electrons. The van der Waals surface area contributed by atoms with Gasteiger partial charge in [-0.15, -0.1) is 0 Å². The lowest BCUT2D eigenvalue weighted by Crippen LogP contribution is -2.29. The van der Waals surface area contributed by atoms with Crippen LogP contribution in [0.25, 0.3) is 0 Å². The number of methoxy groups -OCH3 is 1. The molecule has 2 aromatic rings. The third-order valence-corrected chi connectivity index (χ3v) is 3.11. The summed E-state index contributed by atoms with van der Waals surface area (Å²) < 4.78 is 19.2. The highest BCUT2D eigenvalue weighted by molar-refractivity contribution is 6.30. The van der Waals surface area contributed by atoms with E-state index in [-0.39, 0.29) is 5.82 Å². The van der Waals surface area contributed by atoms with E-state index in [4.69, 9.17) is 22.2 Å². The van der Waals surface area contributed by atoms with Crippen molar-refractivity contribution in [2.24, 2.45) is 5.84 Å². The summed E-state index contributed by atoms with van der Waals surface area (Å²) in [6.07, 6.45) is 0. The van der Waals surface area contributed by atoms with Gasteiger partial charge in [0, 0.05) is 5.02 Å². The van der Waals surface area contributed by atoms with Crippen molar-refractivity contribution >= 4 is 11.6 Å². The molecule has 0 heterocycles. The molecule has 0 aliphatic heterocycles. The minimum atomic E-state index is -0.533. The van der Waals surface area contributed by atoms with Gasteiger partial charge in [-0.1, -0.05) is 29.8 Å². The number of nitrogens with two attached hydrogens (primary N) is 1. The topological polar surface area (TPSA) is 47.3 Å². The Kier molecular flexibility index (Phi) is 4.37. The third kappa shape index (κ3) is 2.87. The van der Waals surface area contributed by atoms with Gasteiger partial charge in [0.05, 0.1) is 18.7 Å². The zero-order chi connectivity index (χ0) is 13.8. The maximum Gasteiger partial charge on any atom is 0.132 e. The molecule has 0 spiro atoms. The molecule has 1 atom stereocenters. The summed E-state index contributed by atoms with van der Waals surface area (Å²) >= 11 is 5.95. The molecule has 2 rings (SSSR count). The molecule has 0 bridgehead atoms. The zero-order valence-electron chi connectivity index (χ0n) is 10.4. The second kappa shape index (κ2) is 6.02. The summed E-state index contributed by atoms with van der Waals surface area (Å²) in [6, 6.07) is 11.2. The molecule has 5 heteroatoms. The summed E-state index contributed by atoms with van der Waals surface area (Å²) in [6.45, 7) is 0. The molecular formula is C14H14ClFN2O. The monoisotopic (exact) mass is 280 g/mol.